The standard InChI is InChI=1S/C20H26N2O2S.ClH/c1-16-8-9-20(17(2)14-16)25(23,24)21-11-5-12-22-13-10-18-6-3-4-7-19(18)15-22;/h3-4,6-9,14,21H,5,10-13,15H2,1-2H3;1H. The maximum absolute atomic E-state index is 12.5. The number of aryl methyl sites for hydroxylation is 2. The fraction of sp³-hybridized carbons (Fsp3) is 0.400. The number of benzene rings is 2. The first kappa shape index (κ1) is 20.9. The van der Waals surface area contributed by atoms with E-state index in [1.165, 1.54) is 11.1 Å². The summed E-state index contributed by atoms with van der Waals surface area (Å²) < 4.78 is 27.6. The molecule has 1 aliphatic rings. The Kier molecular flexibility index (Phi) is 7.24. The van der Waals surface area contributed by atoms with E-state index in [0.717, 1.165) is 43.6 Å². The molecule has 6 heteroatoms. The van der Waals surface area contributed by atoms with Crippen LogP contribution in [0.3, 0.4) is 0 Å². The van der Waals surface area contributed by atoms with E-state index in [0.29, 0.717) is 11.4 Å². The van der Waals surface area contributed by atoms with Gasteiger partial charge in [0, 0.05) is 19.6 Å². The predicted molar refractivity (Wildman–Crippen MR) is 108 cm³/mol. The molecule has 0 aliphatic carbocycles. The van der Waals surface area contributed by atoms with Gasteiger partial charge in [-0.3, -0.25) is 4.90 Å². The minimum absolute atomic E-state index is 0. The second-order valence-electron chi connectivity index (χ2n) is 6.82. The Labute approximate surface area is 163 Å². The number of hydrogen-bond donors (Lipinski definition) is 1. The minimum atomic E-state index is -3.43. The fourth-order valence-electron chi connectivity index (χ4n) is 3.43. The second-order valence-corrected chi connectivity index (χ2v) is 8.55. The van der Waals surface area contributed by atoms with Crippen LogP contribution in [-0.4, -0.2) is 33.0 Å². The number of halogens is 1. The van der Waals surface area contributed by atoms with Crippen LogP contribution in [-0.2, 0) is 23.0 Å². The first-order valence-corrected chi connectivity index (χ1v) is 10.3. The van der Waals surface area contributed by atoms with E-state index in [9.17, 15) is 8.42 Å². The van der Waals surface area contributed by atoms with Crippen LogP contribution in [0.4, 0.5) is 0 Å². The van der Waals surface area contributed by atoms with Gasteiger partial charge in [-0.2, -0.15) is 0 Å². The first-order chi connectivity index (χ1) is 12.0. The van der Waals surface area contributed by atoms with Gasteiger partial charge in [0.1, 0.15) is 0 Å². The van der Waals surface area contributed by atoms with E-state index in [2.05, 4.69) is 33.9 Å². The lowest BCUT2D eigenvalue weighted by Gasteiger charge is -2.28. The molecule has 2 aromatic carbocycles. The Bertz CT molecular complexity index is 853. The quantitative estimate of drug-likeness (QED) is 0.763. The van der Waals surface area contributed by atoms with Crippen LogP contribution < -0.4 is 4.72 Å². The summed E-state index contributed by atoms with van der Waals surface area (Å²) in [5.74, 6) is 0. The highest BCUT2D eigenvalue weighted by molar-refractivity contribution is 7.89. The molecule has 0 unspecified atom stereocenters. The molecule has 0 saturated heterocycles. The number of rotatable bonds is 6. The van der Waals surface area contributed by atoms with Gasteiger partial charge in [-0.15, -0.1) is 12.4 Å². The van der Waals surface area contributed by atoms with Crippen molar-refractivity contribution in [3.63, 3.8) is 0 Å². The zero-order valence-electron chi connectivity index (χ0n) is 15.4. The maximum Gasteiger partial charge on any atom is 0.240 e. The van der Waals surface area contributed by atoms with Crippen molar-refractivity contribution in [2.24, 2.45) is 0 Å². The smallest absolute Gasteiger partial charge is 0.240 e. The molecule has 0 bridgehead atoms. The van der Waals surface area contributed by atoms with Gasteiger partial charge in [0.2, 0.25) is 10.0 Å². The van der Waals surface area contributed by atoms with Crippen molar-refractivity contribution in [1.29, 1.82) is 0 Å². The highest BCUT2D eigenvalue weighted by Crippen LogP contribution is 2.19. The number of nitrogens with zero attached hydrogens (tertiary/aromatic N) is 1. The van der Waals surface area contributed by atoms with Crippen LogP contribution in [0.25, 0.3) is 0 Å². The summed E-state index contributed by atoms with van der Waals surface area (Å²) in [7, 11) is -3.43. The zero-order chi connectivity index (χ0) is 17.9. The van der Waals surface area contributed by atoms with Gasteiger partial charge in [-0.1, -0.05) is 42.0 Å². The number of hydrogen-bond acceptors (Lipinski definition) is 3. The third-order valence-electron chi connectivity index (χ3n) is 4.77. The molecule has 4 nitrogen and oxygen atoms in total. The summed E-state index contributed by atoms with van der Waals surface area (Å²) in [6.07, 6.45) is 1.89. The van der Waals surface area contributed by atoms with Crippen LogP contribution in [0, 0.1) is 13.8 Å². The number of sulfonamides is 1. The molecule has 0 amide bonds. The van der Waals surface area contributed by atoms with Gasteiger partial charge in [0.05, 0.1) is 4.90 Å². The molecule has 142 valence electrons. The summed E-state index contributed by atoms with van der Waals surface area (Å²) >= 11 is 0. The molecule has 1 N–H and O–H groups in total. The Morgan fingerprint density at radius 1 is 1.08 bits per heavy atom. The average molecular weight is 395 g/mol. The lowest BCUT2D eigenvalue weighted by Crippen LogP contribution is -2.33. The highest BCUT2D eigenvalue weighted by atomic mass is 35.5. The predicted octanol–water partition coefficient (Wildman–Crippen LogP) is 3.45. The SMILES string of the molecule is Cc1ccc(S(=O)(=O)NCCCN2CCc3ccccc3C2)c(C)c1.Cl. The normalized spacial score (nSPS) is 14.5. The monoisotopic (exact) mass is 394 g/mol. The van der Waals surface area contributed by atoms with Gasteiger partial charge in [0.25, 0.3) is 0 Å². The third-order valence-corrected chi connectivity index (χ3v) is 6.39. The third kappa shape index (κ3) is 5.07. The summed E-state index contributed by atoms with van der Waals surface area (Å²) in [5.41, 5.74) is 4.70. The van der Waals surface area contributed by atoms with Gasteiger partial charge in [-0.05, 0) is 56.0 Å². The van der Waals surface area contributed by atoms with E-state index in [1.54, 1.807) is 6.07 Å². The lowest BCUT2D eigenvalue weighted by atomic mass is 10.00. The van der Waals surface area contributed by atoms with Crippen molar-refractivity contribution in [3.8, 4) is 0 Å². The maximum atomic E-state index is 12.5. The molecule has 0 radical (unpaired) electrons. The molecule has 26 heavy (non-hydrogen) atoms. The van der Waals surface area contributed by atoms with Crippen molar-refractivity contribution in [2.75, 3.05) is 19.6 Å². The van der Waals surface area contributed by atoms with Crippen LogP contribution in [0.2, 0.25) is 0 Å². The van der Waals surface area contributed by atoms with Crippen LogP contribution in [0.1, 0.15) is 28.7 Å². The molecule has 0 atom stereocenters. The minimum Gasteiger partial charge on any atom is -0.299 e. The molecule has 1 heterocycles. The first-order valence-electron chi connectivity index (χ1n) is 8.82. The molecule has 0 fully saturated rings. The van der Waals surface area contributed by atoms with Crippen molar-refractivity contribution in [1.82, 2.24) is 9.62 Å². The molecule has 0 saturated carbocycles. The molecule has 3 rings (SSSR count). The van der Waals surface area contributed by atoms with E-state index in [4.69, 9.17) is 0 Å². The summed E-state index contributed by atoms with van der Waals surface area (Å²) in [4.78, 5) is 2.78. The van der Waals surface area contributed by atoms with Gasteiger partial charge in [0.15, 0.2) is 0 Å². The number of fused-ring (bicyclic) bond motifs is 1. The van der Waals surface area contributed by atoms with Crippen LogP contribution in [0.15, 0.2) is 47.4 Å². The number of nitrogens with one attached hydrogen (secondary N) is 1. The molecule has 2 aromatic rings. The zero-order valence-corrected chi connectivity index (χ0v) is 17.0. The Balaban J connectivity index is 0.00000243. The Hall–Kier alpha value is -1.40. The van der Waals surface area contributed by atoms with E-state index in [-0.39, 0.29) is 12.4 Å². The van der Waals surface area contributed by atoms with Crippen molar-refractivity contribution in [3.05, 3.63) is 64.7 Å². The molecular formula is C20H27ClN2O2S. The summed E-state index contributed by atoms with van der Waals surface area (Å²) in [6, 6.07) is 14.0. The molecule has 1 aliphatic heterocycles. The van der Waals surface area contributed by atoms with Gasteiger partial charge in [-0.25, -0.2) is 13.1 Å². The van der Waals surface area contributed by atoms with E-state index in [1.807, 2.05) is 26.0 Å². The largest absolute Gasteiger partial charge is 0.299 e. The van der Waals surface area contributed by atoms with Gasteiger partial charge < -0.3 is 0 Å². The van der Waals surface area contributed by atoms with Crippen molar-refractivity contribution < 1.29 is 8.42 Å². The topological polar surface area (TPSA) is 49.4 Å². The summed E-state index contributed by atoms with van der Waals surface area (Å²) in [5, 5.41) is 0. The molecule has 0 aromatic heterocycles. The van der Waals surface area contributed by atoms with Gasteiger partial charge >= 0.3 is 0 Å². The average Bonchev–Trinajstić information content (AvgIpc) is 2.58. The second kappa shape index (κ2) is 9.00. The Morgan fingerprint density at radius 3 is 2.54 bits per heavy atom. The van der Waals surface area contributed by atoms with Crippen molar-refractivity contribution >= 4 is 22.4 Å². The van der Waals surface area contributed by atoms with Crippen LogP contribution in [0.5, 0.6) is 0 Å². The van der Waals surface area contributed by atoms with E-state index >= 15 is 0 Å². The van der Waals surface area contributed by atoms with Crippen molar-refractivity contribution in [2.45, 2.75) is 38.1 Å². The van der Waals surface area contributed by atoms with E-state index < -0.39 is 10.0 Å². The highest BCUT2D eigenvalue weighted by Gasteiger charge is 2.17. The fourth-order valence-corrected chi connectivity index (χ4v) is 4.73. The Morgan fingerprint density at radius 2 is 1.81 bits per heavy atom. The summed E-state index contributed by atoms with van der Waals surface area (Å²) in [6.45, 7) is 7.18. The molecular weight excluding hydrogens is 368 g/mol. The lowest BCUT2D eigenvalue weighted by molar-refractivity contribution is 0.251. The van der Waals surface area contributed by atoms with Crippen LogP contribution >= 0.6 is 12.4 Å². The molecule has 0 spiro atoms.